The van der Waals surface area contributed by atoms with E-state index < -0.39 is 11.8 Å². The van der Waals surface area contributed by atoms with Crippen LogP contribution in [0.2, 0.25) is 5.02 Å². The van der Waals surface area contributed by atoms with Gasteiger partial charge in [0.15, 0.2) is 0 Å². The molecule has 1 N–H and O–H groups in total. The van der Waals surface area contributed by atoms with E-state index in [1.165, 1.54) is 6.07 Å². The number of aliphatic carboxylic acids is 1. The van der Waals surface area contributed by atoms with Gasteiger partial charge in [0, 0.05) is 26.2 Å². The molecule has 2 rings (SSSR count). The maximum atomic E-state index is 13.1. The molecule has 1 heterocycles. The average Bonchev–Trinajstić information content (AvgIpc) is 2.59. The van der Waals surface area contributed by atoms with Crippen LogP contribution < -0.4 is 0 Å². The van der Waals surface area contributed by atoms with Crippen molar-refractivity contribution in [2.24, 2.45) is 0 Å². The van der Waals surface area contributed by atoms with Crippen LogP contribution in [0.5, 0.6) is 0 Å². The number of rotatable bonds is 4. The second-order valence-electron chi connectivity index (χ2n) is 5.05. The lowest BCUT2D eigenvalue weighted by molar-refractivity contribution is -0.138. The number of halogens is 2. The fourth-order valence-corrected chi connectivity index (χ4v) is 2.63. The van der Waals surface area contributed by atoms with E-state index in [9.17, 15) is 9.18 Å². The normalized spacial score (nSPS) is 17.9. The molecular weight excluding hydrogens is 283 g/mol. The molecule has 0 saturated carbocycles. The largest absolute Gasteiger partial charge is 0.480 e. The summed E-state index contributed by atoms with van der Waals surface area (Å²) < 4.78 is 13.1. The van der Waals surface area contributed by atoms with E-state index in [0.29, 0.717) is 6.54 Å². The van der Waals surface area contributed by atoms with Gasteiger partial charge in [-0.2, -0.15) is 0 Å². The average molecular weight is 301 g/mol. The minimum Gasteiger partial charge on any atom is -0.480 e. The predicted molar refractivity (Wildman–Crippen MR) is 75.4 cm³/mol. The molecular formula is C14H18ClFN2O2. The van der Waals surface area contributed by atoms with E-state index >= 15 is 0 Å². The van der Waals surface area contributed by atoms with Gasteiger partial charge < -0.3 is 5.11 Å². The Balaban J connectivity index is 1.90. The molecule has 0 aromatic heterocycles. The summed E-state index contributed by atoms with van der Waals surface area (Å²) >= 11 is 5.78. The van der Waals surface area contributed by atoms with Gasteiger partial charge >= 0.3 is 5.97 Å². The van der Waals surface area contributed by atoms with Gasteiger partial charge in [-0.15, -0.1) is 0 Å². The van der Waals surface area contributed by atoms with Crippen molar-refractivity contribution < 1.29 is 14.3 Å². The molecule has 1 aromatic carbocycles. The molecule has 0 aliphatic carbocycles. The second kappa shape index (κ2) is 7.02. The lowest BCUT2D eigenvalue weighted by Gasteiger charge is -2.21. The van der Waals surface area contributed by atoms with Crippen LogP contribution in [-0.4, -0.2) is 53.6 Å². The predicted octanol–water partition coefficient (Wildman–Crippen LogP) is 2.07. The van der Waals surface area contributed by atoms with Crippen LogP contribution in [0.15, 0.2) is 18.2 Å². The summed E-state index contributed by atoms with van der Waals surface area (Å²) in [4.78, 5) is 14.9. The van der Waals surface area contributed by atoms with Gasteiger partial charge in [-0.3, -0.25) is 14.6 Å². The summed E-state index contributed by atoms with van der Waals surface area (Å²) in [6, 6.07) is 4.77. The molecule has 1 aliphatic heterocycles. The molecule has 110 valence electrons. The molecule has 20 heavy (non-hydrogen) atoms. The first kappa shape index (κ1) is 15.2. The molecule has 0 radical (unpaired) electrons. The van der Waals surface area contributed by atoms with Crippen molar-refractivity contribution in [2.75, 3.05) is 32.7 Å². The first-order valence-electron chi connectivity index (χ1n) is 6.65. The van der Waals surface area contributed by atoms with E-state index in [1.807, 2.05) is 4.90 Å². The fraction of sp³-hybridized carbons (Fsp3) is 0.500. The smallest absolute Gasteiger partial charge is 0.317 e. The molecule has 1 fully saturated rings. The summed E-state index contributed by atoms with van der Waals surface area (Å²) in [6.07, 6.45) is 0.933. The molecule has 1 aliphatic rings. The first-order chi connectivity index (χ1) is 9.54. The van der Waals surface area contributed by atoms with Gasteiger partial charge in [0.2, 0.25) is 0 Å². The van der Waals surface area contributed by atoms with Gasteiger partial charge in [0.25, 0.3) is 0 Å². The second-order valence-corrected chi connectivity index (χ2v) is 5.46. The lowest BCUT2D eigenvalue weighted by Crippen LogP contribution is -2.34. The summed E-state index contributed by atoms with van der Waals surface area (Å²) in [6.45, 7) is 4.05. The number of hydrogen-bond donors (Lipinski definition) is 1. The molecule has 1 saturated heterocycles. The zero-order valence-electron chi connectivity index (χ0n) is 11.2. The molecule has 4 nitrogen and oxygen atoms in total. The van der Waals surface area contributed by atoms with Gasteiger partial charge in [-0.05, 0) is 30.7 Å². The Hall–Kier alpha value is -1.17. The molecule has 0 atom stereocenters. The fourth-order valence-electron chi connectivity index (χ4n) is 2.43. The van der Waals surface area contributed by atoms with Crippen LogP contribution in [0.1, 0.15) is 12.0 Å². The van der Waals surface area contributed by atoms with Crippen molar-refractivity contribution in [3.05, 3.63) is 34.6 Å². The van der Waals surface area contributed by atoms with Crippen LogP contribution in [-0.2, 0) is 11.3 Å². The third-order valence-corrected chi connectivity index (χ3v) is 3.72. The summed E-state index contributed by atoms with van der Waals surface area (Å²) in [5, 5.41) is 8.95. The van der Waals surface area contributed by atoms with Crippen molar-refractivity contribution in [3.8, 4) is 0 Å². The van der Waals surface area contributed by atoms with E-state index in [4.69, 9.17) is 16.7 Å². The summed E-state index contributed by atoms with van der Waals surface area (Å²) in [5.41, 5.74) is 0.975. The topological polar surface area (TPSA) is 43.8 Å². The van der Waals surface area contributed by atoms with Gasteiger partial charge in [0.1, 0.15) is 5.82 Å². The molecule has 1 aromatic rings. The lowest BCUT2D eigenvalue weighted by atomic mass is 10.2. The Labute approximate surface area is 122 Å². The third-order valence-electron chi connectivity index (χ3n) is 3.43. The molecule has 0 spiro atoms. The van der Waals surface area contributed by atoms with E-state index in [0.717, 1.165) is 38.2 Å². The Bertz CT molecular complexity index is 484. The van der Waals surface area contributed by atoms with E-state index in [1.54, 1.807) is 12.1 Å². The highest BCUT2D eigenvalue weighted by atomic mass is 35.5. The quantitative estimate of drug-likeness (QED) is 0.924. The van der Waals surface area contributed by atoms with Crippen LogP contribution in [0, 0.1) is 5.82 Å². The summed E-state index contributed by atoms with van der Waals surface area (Å²) in [7, 11) is 0. The van der Waals surface area contributed by atoms with Crippen molar-refractivity contribution in [1.29, 1.82) is 0 Å². The van der Waals surface area contributed by atoms with Crippen molar-refractivity contribution >= 4 is 17.6 Å². The molecule has 6 heteroatoms. The maximum absolute atomic E-state index is 13.1. The Morgan fingerprint density at radius 1 is 1.25 bits per heavy atom. The highest BCUT2D eigenvalue weighted by Gasteiger charge is 2.17. The van der Waals surface area contributed by atoms with Gasteiger partial charge in [-0.25, -0.2) is 4.39 Å². The number of benzene rings is 1. The van der Waals surface area contributed by atoms with Crippen molar-refractivity contribution in [3.63, 3.8) is 0 Å². The molecule has 0 unspecified atom stereocenters. The van der Waals surface area contributed by atoms with Crippen LogP contribution in [0.4, 0.5) is 4.39 Å². The zero-order valence-corrected chi connectivity index (χ0v) is 11.9. The number of carboxylic acid groups (broad SMARTS) is 1. The first-order valence-corrected chi connectivity index (χ1v) is 7.03. The number of carbonyl (C=O) groups is 1. The number of hydrogen-bond acceptors (Lipinski definition) is 3. The van der Waals surface area contributed by atoms with E-state index in [2.05, 4.69) is 4.90 Å². The third kappa shape index (κ3) is 4.44. The van der Waals surface area contributed by atoms with Crippen LogP contribution in [0.25, 0.3) is 0 Å². The van der Waals surface area contributed by atoms with Gasteiger partial charge in [-0.1, -0.05) is 17.7 Å². The number of carboxylic acids is 1. The Morgan fingerprint density at radius 3 is 2.65 bits per heavy atom. The molecule has 0 amide bonds. The summed E-state index contributed by atoms with van der Waals surface area (Å²) in [5.74, 6) is -1.19. The highest BCUT2D eigenvalue weighted by Crippen LogP contribution is 2.17. The zero-order chi connectivity index (χ0) is 14.5. The maximum Gasteiger partial charge on any atom is 0.317 e. The minimum absolute atomic E-state index is 0.0935. The highest BCUT2D eigenvalue weighted by molar-refractivity contribution is 6.30. The minimum atomic E-state index is -0.788. The monoisotopic (exact) mass is 300 g/mol. The number of nitrogens with zero attached hydrogens (tertiary/aromatic N) is 2. The van der Waals surface area contributed by atoms with Crippen LogP contribution in [0.3, 0.4) is 0 Å². The van der Waals surface area contributed by atoms with Crippen molar-refractivity contribution in [1.82, 2.24) is 9.80 Å². The Kier molecular flexibility index (Phi) is 5.34. The van der Waals surface area contributed by atoms with Gasteiger partial charge in [0.05, 0.1) is 11.6 Å². The van der Waals surface area contributed by atoms with Crippen LogP contribution >= 0.6 is 11.6 Å². The molecule has 0 bridgehead atoms. The standard InChI is InChI=1S/C14H18ClFN2O2/c15-12-8-11(2-3-13(12)16)9-17-4-1-5-18(7-6-17)10-14(19)20/h2-3,8H,1,4-7,9-10H2,(H,19,20). The van der Waals surface area contributed by atoms with Crippen molar-refractivity contribution in [2.45, 2.75) is 13.0 Å². The SMILES string of the molecule is O=C(O)CN1CCCN(Cc2ccc(F)c(Cl)c2)CC1. The Morgan fingerprint density at radius 2 is 1.95 bits per heavy atom. The van der Waals surface area contributed by atoms with E-state index in [-0.39, 0.29) is 11.6 Å².